The SMILES string of the molecule is Br.NC1=N[C@H](O)[C@H]2[C@H]3O[C@]4(O)O[C@@H](C(O)[C@@]2(N1)[C@@H]4O)[C@]3(O)CO. The molecule has 12 heteroatoms. The molecular weight excluding hydrogens is 382 g/mol. The van der Waals surface area contributed by atoms with E-state index in [4.69, 9.17) is 15.2 Å². The summed E-state index contributed by atoms with van der Waals surface area (Å²) in [4.78, 5) is 3.70. The predicted molar refractivity (Wildman–Crippen MR) is 76.1 cm³/mol. The van der Waals surface area contributed by atoms with Crippen LogP contribution in [0.25, 0.3) is 0 Å². The van der Waals surface area contributed by atoms with Gasteiger partial charge in [-0.1, -0.05) is 0 Å². The van der Waals surface area contributed by atoms with Gasteiger partial charge in [-0.2, -0.15) is 0 Å². The molecule has 23 heavy (non-hydrogen) atoms. The van der Waals surface area contributed by atoms with Gasteiger partial charge >= 0.3 is 5.97 Å². The number of aliphatic hydroxyl groups excluding tert-OH is 4. The maximum Gasteiger partial charge on any atom is 0.311 e. The fraction of sp³-hybridized carbons (Fsp3) is 0.909. The molecule has 9 atom stereocenters. The van der Waals surface area contributed by atoms with Crippen molar-refractivity contribution in [3.63, 3.8) is 0 Å². The molecule has 1 aliphatic carbocycles. The van der Waals surface area contributed by atoms with E-state index in [0.29, 0.717) is 0 Å². The minimum absolute atomic E-state index is 0. The van der Waals surface area contributed by atoms with Crippen molar-refractivity contribution in [3.05, 3.63) is 0 Å². The molecule has 0 aromatic heterocycles. The van der Waals surface area contributed by atoms with E-state index < -0.39 is 60.3 Å². The van der Waals surface area contributed by atoms with Crippen LogP contribution >= 0.6 is 17.0 Å². The molecule has 1 saturated carbocycles. The zero-order valence-corrected chi connectivity index (χ0v) is 13.3. The first-order valence-electron chi connectivity index (χ1n) is 6.77. The van der Waals surface area contributed by atoms with Crippen LogP contribution in [-0.2, 0) is 9.47 Å². The monoisotopic (exact) mass is 399 g/mol. The Balaban J connectivity index is 0.00000156. The Labute approximate surface area is 140 Å². The Morgan fingerprint density at radius 2 is 1.78 bits per heavy atom. The van der Waals surface area contributed by atoms with Crippen molar-refractivity contribution < 1.29 is 40.1 Å². The summed E-state index contributed by atoms with van der Waals surface area (Å²) in [7, 11) is 0. The lowest BCUT2D eigenvalue weighted by Crippen LogP contribution is -2.95. The standard InChI is InChI=1S/C11H17N3O8.BrH/c12-8-13-6(17)2-4-9(19,1-15)5-3(16)10(2,14-8)7(18)11(20,21-4)22-5;/h2-7,15-20H,1H2,(H3,12,13,14);1H/t2-,3?,4-,5+,6-,7+,9+,10-,11+;/m1./s1. The van der Waals surface area contributed by atoms with E-state index in [1.165, 1.54) is 0 Å². The number of ether oxygens (including phenoxy) is 2. The lowest BCUT2D eigenvalue weighted by molar-refractivity contribution is -0.548. The van der Waals surface area contributed by atoms with Crippen LogP contribution in [0.4, 0.5) is 0 Å². The summed E-state index contributed by atoms with van der Waals surface area (Å²) in [5.74, 6) is -3.95. The Morgan fingerprint density at radius 3 is 2.39 bits per heavy atom. The second kappa shape index (κ2) is 4.74. The molecule has 132 valence electrons. The lowest BCUT2D eigenvalue weighted by atomic mass is 9.55. The molecule has 0 aromatic rings. The van der Waals surface area contributed by atoms with E-state index in [1.54, 1.807) is 0 Å². The first-order valence-corrected chi connectivity index (χ1v) is 6.77. The number of aliphatic imine (C=N–C) groups is 1. The number of hydrogen-bond acceptors (Lipinski definition) is 11. The highest BCUT2D eigenvalue weighted by atomic mass is 79.9. The summed E-state index contributed by atoms with van der Waals surface area (Å²) < 4.78 is 10.3. The van der Waals surface area contributed by atoms with E-state index in [0.717, 1.165) is 0 Å². The molecule has 0 radical (unpaired) electrons. The normalized spacial score (nSPS) is 59.7. The average molecular weight is 400 g/mol. The quantitative estimate of drug-likeness (QED) is 0.212. The van der Waals surface area contributed by atoms with Crippen LogP contribution in [0.1, 0.15) is 0 Å². The summed E-state index contributed by atoms with van der Waals surface area (Å²) in [5, 5.41) is 64.3. The maximum absolute atomic E-state index is 10.6. The van der Waals surface area contributed by atoms with Gasteiger partial charge in [-0.05, 0) is 0 Å². The number of rotatable bonds is 1. The number of hydrogen-bond donors (Lipinski definition) is 8. The van der Waals surface area contributed by atoms with Gasteiger partial charge < -0.3 is 51.2 Å². The van der Waals surface area contributed by atoms with Gasteiger partial charge in [-0.3, -0.25) is 0 Å². The highest BCUT2D eigenvalue weighted by Crippen LogP contribution is 2.58. The second-order valence-corrected chi connectivity index (χ2v) is 6.22. The minimum atomic E-state index is -2.52. The molecule has 1 unspecified atom stereocenters. The van der Waals surface area contributed by atoms with Crippen molar-refractivity contribution in [2.24, 2.45) is 16.6 Å². The highest BCUT2D eigenvalue weighted by molar-refractivity contribution is 8.93. The van der Waals surface area contributed by atoms with Gasteiger partial charge in [0, 0.05) is 0 Å². The molecular formula is C11H18BrN3O8. The summed E-state index contributed by atoms with van der Waals surface area (Å²) in [5.41, 5.74) is 1.74. The van der Waals surface area contributed by atoms with Crippen LogP contribution in [0.3, 0.4) is 0 Å². The van der Waals surface area contributed by atoms with Gasteiger partial charge in [0.1, 0.15) is 29.5 Å². The molecule has 4 heterocycles. The van der Waals surface area contributed by atoms with Crippen LogP contribution in [0.5, 0.6) is 0 Å². The third kappa shape index (κ3) is 1.68. The van der Waals surface area contributed by atoms with Crippen LogP contribution in [0.2, 0.25) is 0 Å². The number of nitrogens with two attached hydrogens (primary N) is 1. The van der Waals surface area contributed by atoms with E-state index >= 15 is 0 Å². The summed E-state index contributed by atoms with van der Waals surface area (Å²) in [6.45, 7) is -0.857. The molecule has 4 aliphatic heterocycles. The van der Waals surface area contributed by atoms with Gasteiger partial charge in [-0.15, -0.1) is 17.0 Å². The predicted octanol–water partition coefficient (Wildman–Crippen LogP) is -4.94. The lowest BCUT2D eigenvalue weighted by Gasteiger charge is -2.71. The van der Waals surface area contributed by atoms with E-state index in [2.05, 4.69) is 10.3 Å². The Bertz CT molecular complexity index is 567. The number of guanidine groups is 1. The molecule has 4 bridgehead atoms. The van der Waals surface area contributed by atoms with E-state index in [1.807, 2.05) is 0 Å². The van der Waals surface area contributed by atoms with Crippen molar-refractivity contribution >= 4 is 22.9 Å². The number of nitrogens with zero attached hydrogens (tertiary/aromatic N) is 1. The third-order valence-electron chi connectivity index (χ3n) is 5.22. The second-order valence-electron chi connectivity index (χ2n) is 6.22. The van der Waals surface area contributed by atoms with Crippen LogP contribution in [-0.4, -0.2) is 91.0 Å². The smallest absolute Gasteiger partial charge is 0.311 e. The average Bonchev–Trinajstić information content (AvgIpc) is 2.45. The van der Waals surface area contributed by atoms with Crippen molar-refractivity contribution in [1.29, 1.82) is 0 Å². The van der Waals surface area contributed by atoms with Gasteiger partial charge in [0.05, 0.1) is 12.5 Å². The van der Waals surface area contributed by atoms with Crippen LogP contribution in [0, 0.1) is 5.92 Å². The highest BCUT2D eigenvalue weighted by Gasteiger charge is 2.82. The Kier molecular flexibility index (Phi) is 3.56. The molecule has 5 aliphatic rings. The van der Waals surface area contributed by atoms with Gasteiger partial charge in [0.2, 0.25) is 0 Å². The number of halogens is 1. The molecule has 0 aromatic carbocycles. The van der Waals surface area contributed by atoms with Gasteiger partial charge in [0.15, 0.2) is 18.3 Å². The van der Waals surface area contributed by atoms with E-state index in [9.17, 15) is 30.6 Å². The fourth-order valence-corrected chi connectivity index (χ4v) is 4.24. The maximum atomic E-state index is 10.6. The zero-order valence-electron chi connectivity index (χ0n) is 11.6. The molecule has 5 rings (SSSR count). The molecule has 1 spiro atoms. The van der Waals surface area contributed by atoms with Crippen molar-refractivity contribution in [2.75, 3.05) is 6.61 Å². The first kappa shape index (κ1) is 17.3. The van der Waals surface area contributed by atoms with Crippen LogP contribution < -0.4 is 11.1 Å². The number of aliphatic hydroxyl groups is 6. The molecule has 11 nitrogen and oxygen atoms in total. The summed E-state index contributed by atoms with van der Waals surface area (Å²) >= 11 is 0. The zero-order chi connectivity index (χ0) is 16.1. The fourth-order valence-electron chi connectivity index (χ4n) is 4.24. The van der Waals surface area contributed by atoms with E-state index in [-0.39, 0.29) is 22.9 Å². The Hall–Kier alpha value is -0.570. The van der Waals surface area contributed by atoms with Crippen molar-refractivity contribution in [1.82, 2.24) is 5.32 Å². The van der Waals surface area contributed by atoms with Crippen LogP contribution in [0.15, 0.2) is 4.99 Å². The van der Waals surface area contributed by atoms with Gasteiger partial charge in [0.25, 0.3) is 0 Å². The molecule has 0 amide bonds. The van der Waals surface area contributed by atoms with Crippen molar-refractivity contribution in [3.8, 4) is 0 Å². The molecule has 9 N–H and O–H groups in total. The minimum Gasteiger partial charge on any atom is -0.393 e. The topological polar surface area (TPSA) is 190 Å². The Morgan fingerprint density at radius 1 is 1.17 bits per heavy atom. The number of nitrogens with one attached hydrogen (secondary N) is 1. The summed E-state index contributed by atoms with van der Waals surface area (Å²) in [6.07, 6.45) is -7.77. The largest absolute Gasteiger partial charge is 0.393 e. The molecule has 4 fully saturated rings. The molecule has 3 saturated heterocycles. The van der Waals surface area contributed by atoms with Gasteiger partial charge in [-0.25, -0.2) is 4.99 Å². The summed E-state index contributed by atoms with van der Waals surface area (Å²) in [6, 6.07) is 0. The third-order valence-corrected chi connectivity index (χ3v) is 5.22. The first-order chi connectivity index (χ1) is 10.2. The van der Waals surface area contributed by atoms with Crippen molar-refractivity contribution in [2.45, 2.75) is 47.8 Å².